The Morgan fingerprint density at radius 2 is 1.74 bits per heavy atom. The van der Waals surface area contributed by atoms with Crippen LogP contribution in [0.3, 0.4) is 0 Å². The van der Waals surface area contributed by atoms with Gasteiger partial charge in [0.25, 0.3) is 0 Å². The Labute approximate surface area is 227 Å². The second-order valence-corrected chi connectivity index (χ2v) is 10.8. The number of hydrogen-bond donors (Lipinski definition) is 5. The normalized spacial score (nSPS) is 14.4. The van der Waals surface area contributed by atoms with Gasteiger partial charge < -0.3 is 21.3 Å². The summed E-state index contributed by atoms with van der Waals surface area (Å²) in [6, 6.07) is 21.3. The number of rotatable bonds is 4. The highest BCUT2D eigenvalue weighted by atomic mass is 32.2. The summed E-state index contributed by atoms with van der Waals surface area (Å²) in [6.45, 7) is 2.85. The number of amides is 2. The van der Waals surface area contributed by atoms with Crippen LogP contribution in [0.2, 0.25) is 0 Å². The highest BCUT2D eigenvalue weighted by Crippen LogP contribution is 2.29. The predicted molar refractivity (Wildman–Crippen MR) is 154 cm³/mol. The fourth-order valence-electron chi connectivity index (χ4n) is 4.14. The number of urea groups is 1. The maximum Gasteiger partial charge on any atom is 0.323 e. The Hall–Kier alpha value is -4.48. The van der Waals surface area contributed by atoms with Crippen LogP contribution in [0.4, 0.5) is 33.6 Å². The molecule has 1 aromatic heterocycles. The van der Waals surface area contributed by atoms with Gasteiger partial charge in [-0.25, -0.2) is 22.9 Å². The highest BCUT2D eigenvalue weighted by molar-refractivity contribution is 7.89. The van der Waals surface area contributed by atoms with Crippen LogP contribution < -0.4 is 26.0 Å². The van der Waals surface area contributed by atoms with Crippen molar-refractivity contribution >= 4 is 44.9 Å². The maximum atomic E-state index is 12.6. The molecule has 0 unspecified atom stereocenters. The van der Waals surface area contributed by atoms with Gasteiger partial charge in [0, 0.05) is 41.9 Å². The van der Waals surface area contributed by atoms with Crippen molar-refractivity contribution in [2.75, 3.05) is 34.4 Å². The number of nitrogens with zero attached hydrogens (tertiary/aromatic N) is 2. The molecule has 0 aliphatic carbocycles. The van der Waals surface area contributed by atoms with Gasteiger partial charge in [0.05, 0.1) is 4.90 Å². The van der Waals surface area contributed by atoms with Crippen LogP contribution in [0.25, 0.3) is 11.1 Å². The molecule has 0 radical (unpaired) electrons. The van der Waals surface area contributed by atoms with E-state index in [1.165, 1.54) is 0 Å². The second-order valence-electron chi connectivity index (χ2n) is 9.00. The van der Waals surface area contributed by atoms with Gasteiger partial charge in [0.1, 0.15) is 5.82 Å². The average molecular weight is 544 g/mol. The van der Waals surface area contributed by atoms with Crippen molar-refractivity contribution in [2.24, 2.45) is 0 Å². The fourth-order valence-corrected chi connectivity index (χ4v) is 5.26. The third-order valence-electron chi connectivity index (χ3n) is 6.17. The molecular weight excluding hydrogens is 514 g/mol. The number of carbonyl (C=O) groups excluding carboxylic acids is 1. The lowest BCUT2D eigenvalue weighted by atomic mass is 10.1. The van der Waals surface area contributed by atoms with Crippen LogP contribution in [-0.2, 0) is 16.4 Å². The molecule has 200 valence electrons. The Bertz CT molecular complexity index is 1590. The standard InChI is InChI=1S/C28H29N7O3S/c1-2-19-6-3-7-22(16-19)34-28(36)33-21-12-10-20(11-13-21)25-18-30-27-32-23-8-4-9-24(17-23)39(37,38)31-15-5-14-29-26(25)35-27/h3-4,6-13,16-18,31H,2,5,14-15H2,1H3,(H2,33,34,36)(H2,29,30,32,35). The largest absolute Gasteiger partial charge is 0.369 e. The minimum atomic E-state index is -3.61. The number of aromatic nitrogens is 2. The number of sulfonamides is 1. The van der Waals surface area contributed by atoms with E-state index < -0.39 is 10.0 Å². The third kappa shape index (κ3) is 6.51. The Balaban J connectivity index is 1.33. The van der Waals surface area contributed by atoms with Crippen LogP contribution in [-0.4, -0.2) is 37.5 Å². The van der Waals surface area contributed by atoms with Crippen molar-refractivity contribution in [2.45, 2.75) is 24.7 Å². The summed E-state index contributed by atoms with van der Waals surface area (Å²) in [5.41, 5.74) is 4.72. The van der Waals surface area contributed by atoms with Crippen molar-refractivity contribution in [1.82, 2.24) is 14.7 Å². The van der Waals surface area contributed by atoms with Crippen molar-refractivity contribution in [3.8, 4) is 11.1 Å². The van der Waals surface area contributed by atoms with Crippen molar-refractivity contribution in [3.63, 3.8) is 0 Å². The number of fused-ring (bicyclic) bond motifs is 4. The Morgan fingerprint density at radius 1 is 0.949 bits per heavy atom. The molecule has 4 bridgehead atoms. The molecule has 0 saturated heterocycles. The highest BCUT2D eigenvalue weighted by Gasteiger charge is 2.16. The van der Waals surface area contributed by atoms with Gasteiger partial charge in [-0.2, -0.15) is 4.98 Å². The molecule has 39 heavy (non-hydrogen) atoms. The molecule has 10 nitrogen and oxygen atoms in total. The molecule has 0 spiro atoms. The third-order valence-corrected chi connectivity index (χ3v) is 7.63. The van der Waals surface area contributed by atoms with Crippen LogP contribution in [0.15, 0.2) is 83.9 Å². The second kappa shape index (κ2) is 11.5. The number of hydrogen-bond acceptors (Lipinski definition) is 7. The lowest BCUT2D eigenvalue weighted by molar-refractivity contribution is 0.262. The van der Waals surface area contributed by atoms with Gasteiger partial charge in [-0.3, -0.25) is 0 Å². The van der Waals surface area contributed by atoms with Gasteiger partial charge in [0.2, 0.25) is 16.0 Å². The van der Waals surface area contributed by atoms with Crippen molar-refractivity contribution in [1.29, 1.82) is 0 Å². The first-order valence-corrected chi connectivity index (χ1v) is 14.1. The molecule has 4 aromatic rings. The van der Waals surface area contributed by atoms with Crippen LogP contribution in [0.5, 0.6) is 0 Å². The molecule has 2 heterocycles. The molecule has 3 aromatic carbocycles. The lowest BCUT2D eigenvalue weighted by Gasteiger charge is -2.14. The van der Waals surface area contributed by atoms with E-state index >= 15 is 0 Å². The van der Waals surface area contributed by atoms with E-state index in [2.05, 4.69) is 42.9 Å². The topological polar surface area (TPSA) is 137 Å². The first-order valence-electron chi connectivity index (χ1n) is 12.6. The first kappa shape index (κ1) is 26.1. The van der Waals surface area contributed by atoms with E-state index in [4.69, 9.17) is 0 Å². The van der Waals surface area contributed by atoms with E-state index in [1.807, 2.05) is 48.5 Å². The average Bonchev–Trinajstić information content (AvgIpc) is 2.94. The van der Waals surface area contributed by atoms with Crippen LogP contribution >= 0.6 is 0 Å². The smallest absolute Gasteiger partial charge is 0.323 e. The summed E-state index contributed by atoms with van der Waals surface area (Å²) < 4.78 is 27.8. The maximum absolute atomic E-state index is 12.6. The monoisotopic (exact) mass is 543 g/mol. The van der Waals surface area contributed by atoms with Crippen molar-refractivity contribution < 1.29 is 13.2 Å². The minimum Gasteiger partial charge on any atom is -0.369 e. The quantitative estimate of drug-likeness (QED) is 0.239. The molecule has 0 saturated carbocycles. The van der Waals surface area contributed by atoms with Gasteiger partial charge >= 0.3 is 6.03 Å². The molecule has 1 aliphatic rings. The number of anilines is 5. The summed E-state index contributed by atoms with van der Waals surface area (Å²) in [6.07, 6.45) is 3.17. The van der Waals surface area contributed by atoms with E-state index in [1.54, 1.807) is 30.5 Å². The summed E-state index contributed by atoms with van der Waals surface area (Å²) in [5, 5.41) is 12.1. The van der Waals surface area contributed by atoms with Crippen LogP contribution in [0.1, 0.15) is 18.9 Å². The van der Waals surface area contributed by atoms with E-state index in [0.717, 1.165) is 28.8 Å². The van der Waals surface area contributed by atoms with Gasteiger partial charge in [0.15, 0.2) is 0 Å². The molecule has 5 rings (SSSR count). The zero-order valence-electron chi connectivity index (χ0n) is 21.4. The SMILES string of the molecule is CCc1cccc(NC(=O)Nc2ccc(-c3cnc4nc3NCCCNS(=O)(=O)c3cccc(c3)N4)cc2)c1. The first-order chi connectivity index (χ1) is 18.9. The van der Waals surface area contributed by atoms with Gasteiger partial charge in [-0.05, 0) is 66.4 Å². The molecule has 0 atom stereocenters. The molecule has 1 aliphatic heterocycles. The number of aryl methyl sites for hydroxylation is 1. The molecule has 5 N–H and O–H groups in total. The number of carbonyl (C=O) groups is 1. The molecule has 11 heteroatoms. The number of benzene rings is 3. The van der Waals surface area contributed by atoms with Crippen molar-refractivity contribution in [3.05, 3.63) is 84.6 Å². The predicted octanol–water partition coefficient (Wildman–Crippen LogP) is 5.19. The number of nitrogens with one attached hydrogen (secondary N) is 5. The van der Waals surface area contributed by atoms with E-state index in [0.29, 0.717) is 36.1 Å². The fraction of sp³-hybridized carbons (Fsp3) is 0.179. The zero-order chi connectivity index (χ0) is 27.2. The molecule has 2 amide bonds. The van der Waals surface area contributed by atoms with Crippen LogP contribution in [0, 0.1) is 0 Å². The Morgan fingerprint density at radius 3 is 2.56 bits per heavy atom. The minimum absolute atomic E-state index is 0.174. The van der Waals surface area contributed by atoms with Gasteiger partial charge in [-0.15, -0.1) is 0 Å². The van der Waals surface area contributed by atoms with E-state index in [9.17, 15) is 13.2 Å². The summed E-state index contributed by atoms with van der Waals surface area (Å²) in [4.78, 5) is 21.8. The molecular formula is C28H29N7O3S. The van der Waals surface area contributed by atoms with Gasteiger partial charge in [-0.1, -0.05) is 37.3 Å². The zero-order valence-corrected chi connectivity index (χ0v) is 22.2. The summed E-state index contributed by atoms with van der Waals surface area (Å²) >= 11 is 0. The Kier molecular flexibility index (Phi) is 7.71. The van der Waals surface area contributed by atoms with E-state index in [-0.39, 0.29) is 17.5 Å². The lowest BCUT2D eigenvalue weighted by Crippen LogP contribution is -2.26. The molecule has 0 fully saturated rings. The summed E-state index contributed by atoms with van der Waals surface area (Å²) in [7, 11) is -3.61. The summed E-state index contributed by atoms with van der Waals surface area (Å²) in [5.74, 6) is 0.949.